The van der Waals surface area contributed by atoms with Crippen LogP contribution in [0.3, 0.4) is 0 Å². The third kappa shape index (κ3) is 2.49. The van der Waals surface area contributed by atoms with Gasteiger partial charge in [-0.2, -0.15) is 13.2 Å². The van der Waals surface area contributed by atoms with Crippen LogP contribution in [0.1, 0.15) is 11.1 Å². The summed E-state index contributed by atoms with van der Waals surface area (Å²) in [6.45, 7) is 1.88. The van der Waals surface area contributed by atoms with Gasteiger partial charge in [0, 0.05) is 10.9 Å². The Morgan fingerprint density at radius 2 is 1.57 bits per heavy atom. The Morgan fingerprint density at radius 1 is 0.905 bits per heavy atom. The Labute approximate surface area is 120 Å². The fraction of sp³-hybridized carbons (Fsp3) is 0.118. The quantitative estimate of drug-likeness (QED) is 0.597. The van der Waals surface area contributed by atoms with Crippen LogP contribution in [0.5, 0.6) is 0 Å². The first-order valence-electron chi connectivity index (χ1n) is 6.50. The minimum atomic E-state index is -4.39. The van der Waals surface area contributed by atoms with Crippen molar-refractivity contribution in [1.29, 1.82) is 0 Å². The topological polar surface area (TPSA) is 12.9 Å². The third-order valence-electron chi connectivity index (χ3n) is 3.43. The standard InChI is InChI=1S/C17H12F3N/c1-11-10-16(21-15-9-5-3-6-12(11)15)13-7-2-4-8-14(13)17(18,19)20/h2-10H,1H3. The van der Waals surface area contributed by atoms with Crippen LogP contribution in [0.25, 0.3) is 22.2 Å². The number of pyridine rings is 1. The SMILES string of the molecule is Cc1cc(-c2ccccc2C(F)(F)F)nc2ccccc12. The molecule has 0 saturated heterocycles. The van der Waals surface area contributed by atoms with E-state index in [9.17, 15) is 13.2 Å². The molecule has 0 aliphatic heterocycles. The zero-order valence-electron chi connectivity index (χ0n) is 11.3. The highest BCUT2D eigenvalue weighted by Gasteiger charge is 2.33. The van der Waals surface area contributed by atoms with Crippen molar-refractivity contribution in [3.05, 3.63) is 65.7 Å². The molecule has 0 saturated carbocycles. The van der Waals surface area contributed by atoms with E-state index in [4.69, 9.17) is 0 Å². The number of alkyl halides is 3. The number of hydrogen-bond donors (Lipinski definition) is 0. The Balaban J connectivity index is 2.27. The van der Waals surface area contributed by atoms with E-state index < -0.39 is 11.7 Å². The van der Waals surface area contributed by atoms with E-state index in [0.717, 1.165) is 17.0 Å². The summed E-state index contributed by atoms with van der Waals surface area (Å²) in [6, 6.07) is 14.7. The summed E-state index contributed by atoms with van der Waals surface area (Å²) in [4.78, 5) is 4.38. The van der Waals surface area contributed by atoms with E-state index in [0.29, 0.717) is 11.2 Å². The van der Waals surface area contributed by atoms with E-state index in [1.54, 1.807) is 12.1 Å². The number of aryl methyl sites for hydroxylation is 1. The third-order valence-corrected chi connectivity index (χ3v) is 3.43. The lowest BCUT2D eigenvalue weighted by atomic mass is 10.0. The molecule has 21 heavy (non-hydrogen) atoms. The minimum absolute atomic E-state index is 0.110. The van der Waals surface area contributed by atoms with Crippen LogP contribution in [0.2, 0.25) is 0 Å². The molecule has 0 atom stereocenters. The van der Waals surface area contributed by atoms with Gasteiger partial charge in [-0.25, -0.2) is 4.98 Å². The molecule has 0 amide bonds. The Hall–Kier alpha value is -2.36. The molecule has 1 heterocycles. The van der Waals surface area contributed by atoms with Gasteiger partial charge in [0.25, 0.3) is 0 Å². The molecule has 0 unspecified atom stereocenters. The number of fused-ring (bicyclic) bond motifs is 1. The molecule has 1 aromatic heterocycles. The highest BCUT2D eigenvalue weighted by atomic mass is 19.4. The maximum Gasteiger partial charge on any atom is 0.417 e. The van der Waals surface area contributed by atoms with Crippen molar-refractivity contribution in [2.45, 2.75) is 13.1 Å². The number of benzene rings is 2. The van der Waals surface area contributed by atoms with Crippen molar-refractivity contribution in [3.8, 4) is 11.3 Å². The van der Waals surface area contributed by atoms with Crippen molar-refractivity contribution in [2.75, 3.05) is 0 Å². The normalized spacial score (nSPS) is 11.8. The smallest absolute Gasteiger partial charge is 0.248 e. The van der Waals surface area contributed by atoms with E-state index in [-0.39, 0.29) is 5.56 Å². The number of hydrogen-bond acceptors (Lipinski definition) is 1. The van der Waals surface area contributed by atoms with Crippen LogP contribution in [0.15, 0.2) is 54.6 Å². The second-order valence-corrected chi connectivity index (χ2v) is 4.88. The van der Waals surface area contributed by atoms with Crippen molar-refractivity contribution in [1.82, 2.24) is 4.98 Å². The largest absolute Gasteiger partial charge is 0.417 e. The Bertz CT molecular complexity index is 806. The number of rotatable bonds is 1. The lowest BCUT2D eigenvalue weighted by Gasteiger charge is -2.13. The zero-order valence-corrected chi connectivity index (χ0v) is 11.3. The molecule has 0 spiro atoms. The van der Waals surface area contributed by atoms with Crippen LogP contribution >= 0.6 is 0 Å². The first-order valence-corrected chi connectivity index (χ1v) is 6.50. The Morgan fingerprint density at radius 3 is 2.33 bits per heavy atom. The maximum absolute atomic E-state index is 13.1. The van der Waals surface area contributed by atoms with Gasteiger partial charge < -0.3 is 0 Å². The molecule has 2 aromatic carbocycles. The number of nitrogens with zero attached hydrogens (tertiary/aromatic N) is 1. The van der Waals surface area contributed by atoms with Crippen molar-refractivity contribution in [2.24, 2.45) is 0 Å². The average molecular weight is 287 g/mol. The molecule has 0 bridgehead atoms. The number of para-hydroxylation sites is 1. The predicted octanol–water partition coefficient (Wildman–Crippen LogP) is 5.23. The molecular formula is C17H12F3N. The van der Waals surface area contributed by atoms with Gasteiger partial charge in [0.1, 0.15) is 0 Å². The van der Waals surface area contributed by atoms with Gasteiger partial charge in [-0.1, -0.05) is 36.4 Å². The summed E-state index contributed by atoms with van der Waals surface area (Å²) in [5, 5.41) is 0.950. The minimum Gasteiger partial charge on any atom is -0.248 e. The summed E-state index contributed by atoms with van der Waals surface area (Å²) in [6.07, 6.45) is -4.39. The lowest BCUT2D eigenvalue weighted by Crippen LogP contribution is -2.07. The van der Waals surface area contributed by atoms with E-state index in [1.807, 2.05) is 31.2 Å². The van der Waals surface area contributed by atoms with Crippen molar-refractivity contribution in [3.63, 3.8) is 0 Å². The van der Waals surface area contributed by atoms with Gasteiger partial charge >= 0.3 is 6.18 Å². The highest BCUT2D eigenvalue weighted by molar-refractivity contribution is 5.85. The first-order chi connectivity index (χ1) is 9.97. The fourth-order valence-corrected chi connectivity index (χ4v) is 2.44. The molecule has 1 nitrogen and oxygen atoms in total. The van der Waals surface area contributed by atoms with E-state index in [1.165, 1.54) is 12.1 Å². The molecule has 0 aliphatic rings. The van der Waals surface area contributed by atoms with E-state index >= 15 is 0 Å². The van der Waals surface area contributed by atoms with E-state index in [2.05, 4.69) is 4.98 Å². The van der Waals surface area contributed by atoms with Crippen LogP contribution in [-0.4, -0.2) is 4.98 Å². The first kappa shape index (κ1) is 13.6. The van der Waals surface area contributed by atoms with Gasteiger partial charge in [-0.05, 0) is 30.7 Å². The van der Waals surface area contributed by atoms with Gasteiger partial charge in [0.2, 0.25) is 0 Å². The summed E-state index contributed by atoms with van der Waals surface area (Å²) in [5.74, 6) is 0. The van der Waals surface area contributed by atoms with Crippen LogP contribution in [-0.2, 0) is 6.18 Å². The molecule has 3 aromatic rings. The fourth-order valence-electron chi connectivity index (χ4n) is 2.44. The summed E-state index contributed by atoms with van der Waals surface area (Å²) in [7, 11) is 0. The summed E-state index contributed by atoms with van der Waals surface area (Å²) >= 11 is 0. The maximum atomic E-state index is 13.1. The number of halogens is 3. The lowest BCUT2D eigenvalue weighted by molar-refractivity contribution is -0.137. The van der Waals surface area contributed by atoms with Crippen LogP contribution < -0.4 is 0 Å². The average Bonchev–Trinajstić information content (AvgIpc) is 2.46. The molecule has 0 aliphatic carbocycles. The second kappa shape index (κ2) is 4.88. The molecular weight excluding hydrogens is 275 g/mol. The molecule has 0 fully saturated rings. The summed E-state index contributed by atoms with van der Waals surface area (Å²) in [5.41, 5.74) is 1.40. The van der Waals surface area contributed by atoms with Gasteiger partial charge in [0.15, 0.2) is 0 Å². The van der Waals surface area contributed by atoms with Gasteiger partial charge in [0.05, 0.1) is 16.8 Å². The van der Waals surface area contributed by atoms with Crippen molar-refractivity contribution < 1.29 is 13.2 Å². The van der Waals surface area contributed by atoms with Gasteiger partial charge in [-0.15, -0.1) is 0 Å². The Kier molecular flexibility index (Phi) is 3.16. The zero-order chi connectivity index (χ0) is 15.0. The van der Waals surface area contributed by atoms with Gasteiger partial charge in [-0.3, -0.25) is 0 Å². The molecule has 4 heteroatoms. The van der Waals surface area contributed by atoms with Crippen molar-refractivity contribution >= 4 is 10.9 Å². The predicted molar refractivity (Wildman–Crippen MR) is 76.9 cm³/mol. The summed E-state index contributed by atoms with van der Waals surface area (Å²) < 4.78 is 39.4. The van der Waals surface area contributed by atoms with Crippen LogP contribution in [0.4, 0.5) is 13.2 Å². The number of aromatic nitrogens is 1. The van der Waals surface area contributed by atoms with Crippen LogP contribution in [0, 0.1) is 6.92 Å². The molecule has 0 N–H and O–H groups in total. The molecule has 3 rings (SSSR count). The highest BCUT2D eigenvalue weighted by Crippen LogP contribution is 2.37. The molecule has 0 radical (unpaired) electrons. The second-order valence-electron chi connectivity index (χ2n) is 4.88. The molecule has 106 valence electrons. The monoisotopic (exact) mass is 287 g/mol.